The Morgan fingerprint density at radius 2 is 1.79 bits per heavy atom. The molecule has 6 heteroatoms. The lowest BCUT2D eigenvalue weighted by Gasteiger charge is -2.04. The summed E-state index contributed by atoms with van der Waals surface area (Å²) in [7, 11) is 0. The van der Waals surface area contributed by atoms with Gasteiger partial charge in [0, 0.05) is 10.5 Å². The second-order valence-corrected chi connectivity index (χ2v) is 5.77. The summed E-state index contributed by atoms with van der Waals surface area (Å²) in [6.45, 7) is 0. The average Bonchev–Trinajstić information content (AvgIpc) is 2.74. The van der Waals surface area contributed by atoms with Gasteiger partial charge in [-0.1, -0.05) is 11.3 Å². The zero-order valence-corrected chi connectivity index (χ0v) is 11.9. The maximum Gasteiger partial charge on any atom is 0.188 e. The van der Waals surface area contributed by atoms with E-state index >= 15 is 0 Å². The predicted octanol–water partition coefficient (Wildman–Crippen LogP) is 5.08. The van der Waals surface area contributed by atoms with Crippen LogP contribution >= 0.6 is 27.3 Å². The number of thiazole rings is 1. The Bertz CT molecular complexity index is 757. The summed E-state index contributed by atoms with van der Waals surface area (Å²) in [5, 5.41) is 3.71. The van der Waals surface area contributed by atoms with E-state index in [0.29, 0.717) is 20.8 Å². The molecule has 0 bridgehead atoms. The molecule has 0 fully saturated rings. The van der Waals surface area contributed by atoms with Gasteiger partial charge in [0.05, 0.1) is 15.9 Å². The molecule has 0 aliphatic carbocycles. The van der Waals surface area contributed by atoms with Gasteiger partial charge < -0.3 is 5.32 Å². The topological polar surface area (TPSA) is 24.9 Å². The highest BCUT2D eigenvalue weighted by Gasteiger charge is 2.07. The Hall–Kier alpha value is -1.53. The van der Waals surface area contributed by atoms with Crippen LogP contribution in [0.3, 0.4) is 0 Å². The van der Waals surface area contributed by atoms with Crippen molar-refractivity contribution in [3.63, 3.8) is 0 Å². The van der Waals surface area contributed by atoms with Crippen molar-refractivity contribution in [3.8, 4) is 0 Å². The van der Waals surface area contributed by atoms with Gasteiger partial charge in [-0.25, -0.2) is 13.8 Å². The van der Waals surface area contributed by atoms with Crippen LogP contribution < -0.4 is 5.32 Å². The quantitative estimate of drug-likeness (QED) is 0.703. The molecule has 0 spiro atoms. The molecule has 0 saturated carbocycles. The Labute approximate surface area is 120 Å². The molecular weight excluding hydrogens is 334 g/mol. The van der Waals surface area contributed by atoms with Crippen LogP contribution in [0.1, 0.15) is 0 Å². The van der Waals surface area contributed by atoms with Crippen LogP contribution in [0.25, 0.3) is 10.2 Å². The average molecular weight is 341 g/mol. The van der Waals surface area contributed by atoms with Crippen LogP contribution in [-0.4, -0.2) is 4.98 Å². The van der Waals surface area contributed by atoms with Gasteiger partial charge in [-0.15, -0.1) is 0 Å². The van der Waals surface area contributed by atoms with E-state index in [1.165, 1.54) is 35.6 Å². The molecule has 0 saturated heterocycles. The highest BCUT2D eigenvalue weighted by atomic mass is 79.9. The zero-order chi connectivity index (χ0) is 13.4. The normalized spacial score (nSPS) is 10.9. The number of aromatic nitrogens is 1. The van der Waals surface area contributed by atoms with E-state index in [2.05, 4.69) is 26.2 Å². The minimum Gasteiger partial charge on any atom is -0.331 e. The molecule has 1 heterocycles. The molecule has 0 atom stereocenters. The molecule has 0 radical (unpaired) electrons. The molecule has 2 aromatic carbocycles. The smallest absolute Gasteiger partial charge is 0.188 e. The van der Waals surface area contributed by atoms with E-state index in [0.717, 1.165) is 4.70 Å². The van der Waals surface area contributed by atoms with E-state index < -0.39 is 0 Å². The molecule has 0 unspecified atom stereocenters. The fraction of sp³-hybridized carbons (Fsp3) is 0. The lowest BCUT2D eigenvalue weighted by Crippen LogP contribution is -1.90. The summed E-state index contributed by atoms with van der Waals surface area (Å²) in [4.78, 5) is 4.29. The number of nitrogens with zero attached hydrogens (tertiary/aromatic N) is 1. The Balaban J connectivity index is 1.96. The van der Waals surface area contributed by atoms with Crippen molar-refractivity contribution in [2.45, 2.75) is 0 Å². The molecule has 0 aliphatic heterocycles. The summed E-state index contributed by atoms with van der Waals surface area (Å²) < 4.78 is 27.6. The minimum absolute atomic E-state index is 0.313. The summed E-state index contributed by atoms with van der Waals surface area (Å²) in [5.41, 5.74) is 1.31. The van der Waals surface area contributed by atoms with E-state index in [1.807, 2.05) is 0 Å². The van der Waals surface area contributed by atoms with Crippen molar-refractivity contribution in [2.24, 2.45) is 0 Å². The molecule has 1 N–H and O–H groups in total. The van der Waals surface area contributed by atoms with Gasteiger partial charge in [0.25, 0.3) is 0 Å². The second-order valence-electron chi connectivity index (χ2n) is 3.88. The lowest BCUT2D eigenvalue weighted by atomic mass is 10.3. The van der Waals surface area contributed by atoms with Crippen molar-refractivity contribution in [2.75, 3.05) is 5.32 Å². The molecule has 19 heavy (non-hydrogen) atoms. The molecule has 3 aromatic rings. The van der Waals surface area contributed by atoms with Gasteiger partial charge >= 0.3 is 0 Å². The minimum atomic E-state index is -0.316. The number of halogens is 3. The van der Waals surface area contributed by atoms with E-state index in [9.17, 15) is 8.78 Å². The van der Waals surface area contributed by atoms with Crippen molar-refractivity contribution in [3.05, 3.63) is 52.5 Å². The van der Waals surface area contributed by atoms with Crippen LogP contribution in [0.5, 0.6) is 0 Å². The SMILES string of the molecule is Fc1ccc(Nc2nc3cc(F)ccc3s2)c(Br)c1. The zero-order valence-electron chi connectivity index (χ0n) is 9.45. The number of hydrogen-bond acceptors (Lipinski definition) is 3. The van der Waals surface area contributed by atoms with Crippen LogP contribution in [0, 0.1) is 11.6 Å². The largest absolute Gasteiger partial charge is 0.331 e. The highest BCUT2D eigenvalue weighted by Crippen LogP contribution is 2.31. The maximum absolute atomic E-state index is 13.1. The number of benzene rings is 2. The van der Waals surface area contributed by atoms with Crippen LogP contribution in [0.2, 0.25) is 0 Å². The summed E-state index contributed by atoms with van der Waals surface area (Å²) in [5.74, 6) is -0.629. The predicted molar refractivity (Wildman–Crippen MR) is 77.0 cm³/mol. The lowest BCUT2D eigenvalue weighted by molar-refractivity contribution is 0.627. The Kier molecular flexibility index (Phi) is 3.20. The third-order valence-corrected chi connectivity index (χ3v) is 4.13. The first-order valence-corrected chi connectivity index (χ1v) is 7.01. The first-order chi connectivity index (χ1) is 9.11. The van der Waals surface area contributed by atoms with Crippen LogP contribution in [0.4, 0.5) is 19.6 Å². The molecule has 1 aromatic heterocycles. The molecule has 2 nitrogen and oxygen atoms in total. The van der Waals surface area contributed by atoms with Crippen molar-refractivity contribution in [1.82, 2.24) is 4.98 Å². The molecule has 96 valence electrons. The fourth-order valence-corrected chi connectivity index (χ4v) is 2.97. The molecule has 0 amide bonds. The van der Waals surface area contributed by atoms with Crippen molar-refractivity contribution >= 4 is 48.3 Å². The standard InChI is InChI=1S/C13H7BrF2N2S/c14-9-5-7(15)1-3-10(9)17-13-18-11-6-8(16)2-4-12(11)19-13/h1-6H,(H,17,18). The number of nitrogens with one attached hydrogen (secondary N) is 1. The molecule has 0 aliphatic rings. The van der Waals surface area contributed by atoms with Gasteiger partial charge in [-0.05, 0) is 46.3 Å². The Morgan fingerprint density at radius 3 is 2.58 bits per heavy atom. The summed E-state index contributed by atoms with van der Waals surface area (Å²) >= 11 is 4.68. The van der Waals surface area contributed by atoms with Crippen LogP contribution in [0.15, 0.2) is 40.9 Å². The Morgan fingerprint density at radius 1 is 1.05 bits per heavy atom. The monoisotopic (exact) mass is 340 g/mol. The highest BCUT2D eigenvalue weighted by molar-refractivity contribution is 9.10. The van der Waals surface area contributed by atoms with Gasteiger partial charge in [0.1, 0.15) is 11.6 Å². The molecular formula is C13H7BrF2N2S. The number of anilines is 2. The fourth-order valence-electron chi connectivity index (χ4n) is 1.66. The molecule has 3 rings (SSSR count). The third kappa shape index (κ3) is 2.59. The van der Waals surface area contributed by atoms with Gasteiger partial charge in [0.15, 0.2) is 5.13 Å². The first kappa shape index (κ1) is 12.5. The summed E-state index contributed by atoms with van der Waals surface area (Å²) in [6.07, 6.45) is 0. The summed E-state index contributed by atoms with van der Waals surface area (Å²) in [6, 6.07) is 8.82. The number of hydrogen-bond donors (Lipinski definition) is 1. The van der Waals surface area contributed by atoms with Gasteiger partial charge in [-0.3, -0.25) is 0 Å². The van der Waals surface area contributed by atoms with Gasteiger partial charge in [-0.2, -0.15) is 0 Å². The van der Waals surface area contributed by atoms with Gasteiger partial charge in [0.2, 0.25) is 0 Å². The van der Waals surface area contributed by atoms with E-state index in [1.54, 1.807) is 12.1 Å². The van der Waals surface area contributed by atoms with E-state index in [-0.39, 0.29) is 11.6 Å². The van der Waals surface area contributed by atoms with Crippen LogP contribution in [-0.2, 0) is 0 Å². The second kappa shape index (κ2) is 4.86. The maximum atomic E-state index is 13.1. The first-order valence-electron chi connectivity index (χ1n) is 5.40. The van der Waals surface area contributed by atoms with Crippen molar-refractivity contribution in [1.29, 1.82) is 0 Å². The van der Waals surface area contributed by atoms with Crippen molar-refractivity contribution < 1.29 is 8.78 Å². The van der Waals surface area contributed by atoms with E-state index in [4.69, 9.17) is 0 Å². The third-order valence-electron chi connectivity index (χ3n) is 2.52. The number of fused-ring (bicyclic) bond motifs is 1. The number of rotatable bonds is 2.